The lowest BCUT2D eigenvalue weighted by Gasteiger charge is -2.57. The number of Topliss-reactive ketones (excluding diaryl/α,β-unsaturated/α-hetero) is 1. The molecular weight excluding hydrogens is 390 g/mol. The number of esters is 2. The van der Waals surface area contributed by atoms with Gasteiger partial charge in [-0.25, -0.2) is 4.79 Å². The number of carbonyl (C=O) groups is 3. The molecule has 1 aliphatic heterocycles. The monoisotopic (exact) mass is 415 g/mol. The van der Waals surface area contributed by atoms with Gasteiger partial charge in [0.25, 0.3) is 0 Å². The van der Waals surface area contributed by atoms with Gasteiger partial charge in [0.2, 0.25) is 11.6 Å². The number of para-hydroxylation sites is 1. The zero-order chi connectivity index (χ0) is 21.7. The molecule has 4 atom stereocenters. The standard InChI is InChI=1S/C22H25NO7/c1-5-30-16(24)11-21-13-8-6-7-9-15(13)23-18(21)17-12(20(26)27-2)10-14(21)19(25)22(17,28-3)29-4/h6-10,14,17-18,23H,5,11H2,1-4H3. The zero-order valence-electron chi connectivity index (χ0n) is 17.4. The Morgan fingerprint density at radius 3 is 2.47 bits per heavy atom. The maximum atomic E-state index is 13.7. The van der Waals surface area contributed by atoms with Gasteiger partial charge in [-0.15, -0.1) is 0 Å². The molecule has 8 heteroatoms. The summed E-state index contributed by atoms with van der Waals surface area (Å²) in [5.41, 5.74) is 1.02. The number of rotatable bonds is 6. The van der Waals surface area contributed by atoms with Gasteiger partial charge in [0.05, 0.1) is 38.0 Å². The van der Waals surface area contributed by atoms with E-state index in [1.165, 1.54) is 21.3 Å². The van der Waals surface area contributed by atoms with Crippen LogP contribution in [-0.2, 0) is 38.7 Å². The lowest BCUT2D eigenvalue weighted by atomic mass is 9.49. The Morgan fingerprint density at radius 2 is 1.83 bits per heavy atom. The van der Waals surface area contributed by atoms with Gasteiger partial charge < -0.3 is 24.3 Å². The minimum absolute atomic E-state index is 0.0170. The van der Waals surface area contributed by atoms with Gasteiger partial charge in [0.15, 0.2) is 0 Å². The Morgan fingerprint density at radius 1 is 1.13 bits per heavy atom. The second kappa shape index (κ2) is 7.21. The normalized spacial score (nSPS) is 30.1. The number of hydrogen-bond donors (Lipinski definition) is 1. The van der Waals surface area contributed by atoms with E-state index < -0.39 is 41.0 Å². The number of fused-ring (bicyclic) bond motifs is 2. The Hall–Kier alpha value is -2.71. The fourth-order valence-corrected chi connectivity index (χ4v) is 5.55. The van der Waals surface area contributed by atoms with E-state index in [9.17, 15) is 14.4 Å². The highest BCUT2D eigenvalue weighted by Crippen LogP contribution is 2.62. The van der Waals surface area contributed by atoms with Crippen LogP contribution in [-0.4, -0.2) is 57.5 Å². The number of methoxy groups -OCH3 is 3. The number of ether oxygens (including phenoxy) is 4. The third kappa shape index (κ3) is 2.43. The van der Waals surface area contributed by atoms with Crippen molar-refractivity contribution in [2.24, 2.45) is 11.8 Å². The van der Waals surface area contributed by atoms with E-state index in [1.807, 2.05) is 24.3 Å². The molecule has 0 aromatic heterocycles. The first-order valence-corrected chi connectivity index (χ1v) is 9.87. The van der Waals surface area contributed by atoms with Crippen molar-refractivity contribution in [1.82, 2.24) is 0 Å². The molecule has 1 heterocycles. The van der Waals surface area contributed by atoms with Crippen molar-refractivity contribution < 1.29 is 33.3 Å². The first-order valence-electron chi connectivity index (χ1n) is 9.87. The Balaban J connectivity index is 1.97. The molecule has 160 valence electrons. The highest BCUT2D eigenvalue weighted by molar-refractivity contribution is 6.03. The van der Waals surface area contributed by atoms with Crippen LogP contribution in [0.25, 0.3) is 0 Å². The van der Waals surface area contributed by atoms with Crippen LogP contribution >= 0.6 is 0 Å². The van der Waals surface area contributed by atoms with Gasteiger partial charge in [0.1, 0.15) is 0 Å². The van der Waals surface area contributed by atoms with Crippen LogP contribution in [0.15, 0.2) is 35.9 Å². The number of nitrogens with one attached hydrogen (secondary N) is 1. The highest BCUT2D eigenvalue weighted by Gasteiger charge is 2.73. The van der Waals surface area contributed by atoms with E-state index in [0.29, 0.717) is 5.57 Å². The van der Waals surface area contributed by atoms with E-state index in [-0.39, 0.29) is 18.8 Å². The summed E-state index contributed by atoms with van der Waals surface area (Å²) < 4.78 is 21.5. The van der Waals surface area contributed by atoms with E-state index >= 15 is 0 Å². The molecule has 4 unspecified atom stereocenters. The van der Waals surface area contributed by atoms with Crippen LogP contribution in [0, 0.1) is 11.8 Å². The quantitative estimate of drug-likeness (QED) is 0.552. The summed E-state index contributed by atoms with van der Waals surface area (Å²) >= 11 is 0. The summed E-state index contributed by atoms with van der Waals surface area (Å²) in [7, 11) is 4.05. The molecule has 4 aliphatic rings. The molecule has 0 saturated heterocycles. The molecule has 2 bridgehead atoms. The second-order valence-electron chi connectivity index (χ2n) is 7.70. The van der Waals surface area contributed by atoms with Crippen LogP contribution in [0.1, 0.15) is 18.9 Å². The van der Waals surface area contributed by atoms with Crippen LogP contribution in [0.4, 0.5) is 5.69 Å². The Kier molecular flexibility index (Phi) is 4.94. The van der Waals surface area contributed by atoms with Gasteiger partial charge in [-0.2, -0.15) is 0 Å². The summed E-state index contributed by atoms with van der Waals surface area (Å²) in [4.78, 5) is 39.0. The molecule has 5 rings (SSSR count). The third-order valence-corrected chi connectivity index (χ3v) is 6.67. The average molecular weight is 415 g/mol. The van der Waals surface area contributed by atoms with Crippen LogP contribution in [0.5, 0.6) is 0 Å². The molecule has 3 aliphatic carbocycles. The summed E-state index contributed by atoms with van der Waals surface area (Å²) in [6.07, 6.45) is 1.60. The third-order valence-electron chi connectivity index (χ3n) is 6.67. The maximum Gasteiger partial charge on any atom is 0.334 e. The predicted molar refractivity (Wildman–Crippen MR) is 106 cm³/mol. The van der Waals surface area contributed by atoms with Crippen molar-refractivity contribution in [3.05, 3.63) is 41.5 Å². The maximum absolute atomic E-state index is 13.7. The molecule has 8 nitrogen and oxygen atoms in total. The predicted octanol–water partition coefficient (Wildman–Crippen LogP) is 1.59. The fourth-order valence-electron chi connectivity index (χ4n) is 5.55. The number of anilines is 1. The van der Waals surface area contributed by atoms with Crippen molar-refractivity contribution in [1.29, 1.82) is 0 Å². The summed E-state index contributed by atoms with van der Waals surface area (Å²) in [5.74, 6) is -4.63. The molecule has 1 N–H and O–H groups in total. The molecular formula is C22H25NO7. The van der Waals surface area contributed by atoms with Crippen LogP contribution in [0.3, 0.4) is 0 Å². The number of allylic oxidation sites excluding steroid dienone is 1. The number of hydrogen-bond acceptors (Lipinski definition) is 8. The van der Waals surface area contributed by atoms with Gasteiger partial charge in [0, 0.05) is 30.9 Å². The minimum Gasteiger partial charge on any atom is -0.466 e. The van der Waals surface area contributed by atoms with Gasteiger partial charge >= 0.3 is 11.9 Å². The zero-order valence-corrected chi connectivity index (χ0v) is 17.4. The lowest BCUT2D eigenvalue weighted by molar-refractivity contribution is -0.246. The first kappa shape index (κ1) is 20.6. The highest BCUT2D eigenvalue weighted by atomic mass is 16.7. The minimum atomic E-state index is -1.67. The van der Waals surface area contributed by atoms with Gasteiger partial charge in [-0.3, -0.25) is 9.59 Å². The van der Waals surface area contributed by atoms with Crippen molar-refractivity contribution >= 4 is 23.4 Å². The van der Waals surface area contributed by atoms with Crippen LogP contribution < -0.4 is 5.32 Å². The van der Waals surface area contributed by atoms with Crippen molar-refractivity contribution in [3.8, 4) is 0 Å². The average Bonchev–Trinajstić information content (AvgIpc) is 3.09. The summed E-state index contributed by atoms with van der Waals surface area (Å²) in [6.45, 7) is 1.97. The SMILES string of the molecule is CCOC(=O)CC12c3ccccc3NC1C1C(C(=O)OC)=CC2C(=O)C1(OC)OC. The molecule has 1 fully saturated rings. The molecule has 1 aromatic rings. The molecule has 1 aromatic carbocycles. The van der Waals surface area contributed by atoms with Crippen molar-refractivity contribution in [2.75, 3.05) is 33.3 Å². The van der Waals surface area contributed by atoms with Crippen molar-refractivity contribution in [2.45, 2.75) is 30.6 Å². The van der Waals surface area contributed by atoms with E-state index in [4.69, 9.17) is 18.9 Å². The fraction of sp³-hybridized carbons (Fsp3) is 0.500. The Labute approximate surface area is 174 Å². The Bertz CT molecular complexity index is 935. The smallest absolute Gasteiger partial charge is 0.334 e. The molecule has 1 saturated carbocycles. The topological polar surface area (TPSA) is 100 Å². The molecule has 0 radical (unpaired) electrons. The number of ketones is 1. The van der Waals surface area contributed by atoms with Gasteiger partial charge in [-0.05, 0) is 18.6 Å². The summed E-state index contributed by atoms with van der Waals surface area (Å²) in [6, 6.07) is 7.03. The van der Waals surface area contributed by atoms with Crippen LogP contribution in [0.2, 0.25) is 0 Å². The summed E-state index contributed by atoms with van der Waals surface area (Å²) in [5, 5.41) is 3.44. The lowest BCUT2D eigenvalue weighted by Crippen LogP contribution is -2.72. The first-order chi connectivity index (χ1) is 14.4. The second-order valence-corrected chi connectivity index (χ2v) is 7.70. The van der Waals surface area contributed by atoms with Gasteiger partial charge in [-0.1, -0.05) is 24.3 Å². The molecule has 0 amide bonds. The largest absolute Gasteiger partial charge is 0.466 e. The number of benzene rings is 1. The van der Waals surface area contributed by atoms with E-state index in [2.05, 4.69) is 5.32 Å². The molecule has 30 heavy (non-hydrogen) atoms. The van der Waals surface area contributed by atoms with Crippen molar-refractivity contribution in [3.63, 3.8) is 0 Å². The number of carbonyl (C=O) groups excluding carboxylic acids is 3. The van der Waals surface area contributed by atoms with E-state index in [0.717, 1.165) is 11.3 Å². The van der Waals surface area contributed by atoms with E-state index in [1.54, 1.807) is 13.0 Å². The molecule has 0 spiro atoms.